The molecular weight excluding hydrogens is 428 g/mol. The van der Waals surface area contributed by atoms with Crippen LogP contribution in [-0.4, -0.2) is 5.97 Å². The summed E-state index contributed by atoms with van der Waals surface area (Å²) in [6, 6.07) is 25.6. The van der Waals surface area contributed by atoms with Crippen molar-refractivity contribution in [3.63, 3.8) is 0 Å². The van der Waals surface area contributed by atoms with E-state index < -0.39 is 17.3 Å². The second-order valence-electron chi connectivity index (χ2n) is 8.17. The molecule has 34 heavy (non-hydrogen) atoms. The zero-order valence-corrected chi connectivity index (χ0v) is 18.8. The minimum atomic E-state index is -0.721. The van der Waals surface area contributed by atoms with Gasteiger partial charge in [-0.2, -0.15) is 0 Å². The van der Waals surface area contributed by atoms with E-state index in [0.29, 0.717) is 16.7 Å². The third-order valence-electron chi connectivity index (χ3n) is 5.91. The topological polar surface area (TPSA) is 69.7 Å². The van der Waals surface area contributed by atoms with E-state index in [0.717, 1.165) is 22.3 Å². The maximum atomic E-state index is 13.6. The Hall–Kier alpha value is -4.38. The van der Waals surface area contributed by atoms with Crippen molar-refractivity contribution in [3.8, 4) is 17.3 Å². The lowest BCUT2D eigenvalue weighted by atomic mass is 9.91. The van der Waals surface area contributed by atoms with E-state index in [1.165, 1.54) is 6.26 Å². The SMILES string of the molecule is Cc1cc2oc(-c3ccco3)c(OC(=O)C(c3ccccc3)c3ccccc3)c(=O)c2cc1C. The minimum absolute atomic E-state index is 0.0824. The first-order chi connectivity index (χ1) is 16.5. The first-order valence-electron chi connectivity index (χ1n) is 11.0. The fourth-order valence-corrected chi connectivity index (χ4v) is 4.01. The van der Waals surface area contributed by atoms with Gasteiger partial charge < -0.3 is 13.6 Å². The first kappa shape index (κ1) is 21.5. The van der Waals surface area contributed by atoms with Gasteiger partial charge in [0.2, 0.25) is 16.9 Å². The number of hydrogen-bond acceptors (Lipinski definition) is 5. The summed E-state index contributed by atoms with van der Waals surface area (Å²) < 4.78 is 17.4. The van der Waals surface area contributed by atoms with Crippen molar-refractivity contribution in [3.05, 3.63) is 124 Å². The van der Waals surface area contributed by atoms with Crippen LogP contribution in [0.3, 0.4) is 0 Å². The molecule has 0 radical (unpaired) electrons. The zero-order chi connectivity index (χ0) is 23.7. The van der Waals surface area contributed by atoms with Gasteiger partial charge in [0.05, 0.1) is 11.6 Å². The van der Waals surface area contributed by atoms with Gasteiger partial charge >= 0.3 is 5.97 Å². The van der Waals surface area contributed by atoms with E-state index in [-0.39, 0.29) is 11.5 Å². The van der Waals surface area contributed by atoms with Crippen LogP contribution in [0.4, 0.5) is 0 Å². The molecule has 0 amide bonds. The number of esters is 1. The van der Waals surface area contributed by atoms with Crippen molar-refractivity contribution in [2.24, 2.45) is 0 Å². The molecule has 5 nitrogen and oxygen atoms in total. The van der Waals surface area contributed by atoms with E-state index in [1.54, 1.807) is 24.3 Å². The van der Waals surface area contributed by atoms with Gasteiger partial charge in [0.25, 0.3) is 0 Å². The lowest BCUT2D eigenvalue weighted by Gasteiger charge is -2.17. The fraction of sp³-hybridized carbons (Fsp3) is 0.103. The Bertz CT molecular complexity index is 1470. The molecule has 2 aromatic heterocycles. The van der Waals surface area contributed by atoms with Crippen LogP contribution in [0.2, 0.25) is 0 Å². The summed E-state index contributed by atoms with van der Waals surface area (Å²) in [4.78, 5) is 27.2. The van der Waals surface area contributed by atoms with Crippen molar-refractivity contribution in [1.29, 1.82) is 0 Å². The number of benzene rings is 3. The van der Waals surface area contributed by atoms with Crippen LogP contribution in [0, 0.1) is 13.8 Å². The molecule has 0 saturated heterocycles. The van der Waals surface area contributed by atoms with Gasteiger partial charge in [-0.15, -0.1) is 0 Å². The van der Waals surface area contributed by atoms with E-state index >= 15 is 0 Å². The molecular formula is C29H22O5. The monoisotopic (exact) mass is 450 g/mol. The van der Waals surface area contributed by atoms with Crippen molar-refractivity contribution in [2.75, 3.05) is 0 Å². The highest BCUT2D eigenvalue weighted by Gasteiger charge is 2.29. The Balaban J connectivity index is 1.67. The Morgan fingerprint density at radius 2 is 1.44 bits per heavy atom. The molecule has 0 saturated carbocycles. The van der Waals surface area contributed by atoms with Gasteiger partial charge in [-0.05, 0) is 60.4 Å². The molecule has 5 aromatic rings. The standard InChI is InChI=1S/C29H22O5/c1-18-16-22-24(17-19(18)2)33-27(23-14-9-15-32-23)28(26(22)30)34-29(31)25(20-10-5-3-6-11-20)21-12-7-4-8-13-21/h3-17,25H,1-2H3. The number of fused-ring (bicyclic) bond motifs is 1. The van der Waals surface area contributed by atoms with Crippen molar-refractivity contribution < 1.29 is 18.4 Å². The molecule has 0 N–H and O–H groups in total. The molecule has 0 aliphatic rings. The van der Waals surface area contributed by atoms with Crippen molar-refractivity contribution >= 4 is 16.9 Å². The highest BCUT2D eigenvalue weighted by atomic mass is 16.5. The number of rotatable bonds is 5. The molecule has 0 unspecified atom stereocenters. The molecule has 0 bridgehead atoms. The van der Waals surface area contributed by atoms with Crippen LogP contribution in [0.5, 0.6) is 5.75 Å². The predicted octanol–water partition coefficient (Wildman–Crippen LogP) is 6.41. The predicted molar refractivity (Wildman–Crippen MR) is 130 cm³/mol. The van der Waals surface area contributed by atoms with Gasteiger partial charge in [0, 0.05) is 0 Å². The van der Waals surface area contributed by atoms with Gasteiger partial charge in [0.1, 0.15) is 11.5 Å². The summed E-state index contributed by atoms with van der Waals surface area (Å²) in [6.07, 6.45) is 1.47. The molecule has 5 rings (SSSR count). The summed E-state index contributed by atoms with van der Waals surface area (Å²) in [6.45, 7) is 3.86. The van der Waals surface area contributed by atoms with Crippen molar-refractivity contribution in [2.45, 2.75) is 19.8 Å². The van der Waals surface area contributed by atoms with E-state index in [4.69, 9.17) is 13.6 Å². The number of carbonyl (C=O) groups is 1. The maximum Gasteiger partial charge on any atom is 0.323 e. The molecule has 0 spiro atoms. The maximum absolute atomic E-state index is 13.6. The molecule has 3 aromatic carbocycles. The quantitative estimate of drug-likeness (QED) is 0.290. The summed E-state index contributed by atoms with van der Waals surface area (Å²) in [7, 11) is 0. The highest BCUT2D eigenvalue weighted by molar-refractivity contribution is 5.88. The van der Waals surface area contributed by atoms with Gasteiger partial charge in [0.15, 0.2) is 5.76 Å². The fourth-order valence-electron chi connectivity index (χ4n) is 4.01. The molecule has 0 atom stereocenters. The van der Waals surface area contributed by atoms with Gasteiger partial charge in [-0.25, -0.2) is 0 Å². The molecule has 2 heterocycles. The number of hydrogen-bond donors (Lipinski definition) is 0. The second kappa shape index (κ2) is 8.87. The lowest BCUT2D eigenvalue weighted by Crippen LogP contribution is -2.23. The molecule has 0 aliphatic carbocycles. The molecule has 168 valence electrons. The summed E-state index contributed by atoms with van der Waals surface area (Å²) in [5.41, 5.74) is 3.42. The normalized spacial score (nSPS) is 11.1. The Morgan fingerprint density at radius 1 is 0.824 bits per heavy atom. The average Bonchev–Trinajstić information content (AvgIpc) is 3.39. The van der Waals surface area contributed by atoms with E-state index in [1.807, 2.05) is 74.5 Å². The number of ether oxygens (including phenoxy) is 1. The first-order valence-corrected chi connectivity index (χ1v) is 11.0. The third kappa shape index (κ3) is 3.92. The van der Waals surface area contributed by atoms with E-state index in [2.05, 4.69) is 0 Å². The summed E-state index contributed by atoms with van der Waals surface area (Å²) in [5, 5.41) is 0.345. The Kier molecular flexibility index (Phi) is 5.60. The van der Waals surface area contributed by atoms with Crippen LogP contribution < -0.4 is 10.2 Å². The third-order valence-corrected chi connectivity index (χ3v) is 5.91. The highest BCUT2D eigenvalue weighted by Crippen LogP contribution is 2.34. The van der Waals surface area contributed by atoms with Crippen molar-refractivity contribution in [1.82, 2.24) is 0 Å². The molecule has 0 aliphatic heterocycles. The largest absolute Gasteiger partial charge is 0.461 e. The zero-order valence-electron chi connectivity index (χ0n) is 18.8. The number of furan rings is 1. The van der Waals surface area contributed by atoms with Crippen LogP contribution in [0.1, 0.15) is 28.2 Å². The Labute approximate surface area is 196 Å². The average molecular weight is 450 g/mol. The van der Waals surface area contributed by atoms with Gasteiger partial charge in [-0.1, -0.05) is 60.7 Å². The lowest BCUT2D eigenvalue weighted by molar-refractivity contribution is -0.135. The Morgan fingerprint density at radius 3 is 2.03 bits per heavy atom. The van der Waals surface area contributed by atoms with Crippen LogP contribution in [0.15, 0.2) is 105 Å². The molecule has 0 fully saturated rings. The van der Waals surface area contributed by atoms with Crippen LogP contribution in [-0.2, 0) is 4.79 Å². The summed E-state index contributed by atoms with van der Waals surface area (Å²) >= 11 is 0. The minimum Gasteiger partial charge on any atom is -0.461 e. The summed E-state index contributed by atoms with van der Waals surface area (Å²) in [5.74, 6) is -1.11. The van der Waals surface area contributed by atoms with E-state index in [9.17, 15) is 9.59 Å². The number of carbonyl (C=O) groups excluding carboxylic acids is 1. The van der Waals surface area contributed by atoms with Crippen LogP contribution in [0.25, 0.3) is 22.5 Å². The number of aryl methyl sites for hydroxylation is 2. The molecule has 5 heteroatoms. The van der Waals surface area contributed by atoms with Gasteiger partial charge in [-0.3, -0.25) is 9.59 Å². The smallest absolute Gasteiger partial charge is 0.323 e. The second-order valence-corrected chi connectivity index (χ2v) is 8.17. The van der Waals surface area contributed by atoms with Crippen LogP contribution >= 0.6 is 0 Å².